The molecule has 0 saturated heterocycles. The third-order valence-corrected chi connectivity index (χ3v) is 3.98. The second-order valence-corrected chi connectivity index (χ2v) is 6.24. The second-order valence-electron chi connectivity index (χ2n) is 6.24. The Labute approximate surface area is 152 Å². The summed E-state index contributed by atoms with van der Waals surface area (Å²) in [5, 5.41) is 5.86. The van der Waals surface area contributed by atoms with Crippen LogP contribution in [0.5, 0.6) is 0 Å². The summed E-state index contributed by atoms with van der Waals surface area (Å²) in [6.07, 6.45) is 1.77. The van der Waals surface area contributed by atoms with Crippen LogP contribution in [0.1, 0.15) is 0 Å². The number of hydrogen-bond acceptors (Lipinski definition) is 3. The molecular weight excluding hydrogens is 322 g/mol. The van der Waals surface area contributed by atoms with Gasteiger partial charge in [-0.25, -0.2) is 9.98 Å². The second kappa shape index (κ2) is 6.80. The maximum absolute atomic E-state index is 4.76. The maximum Gasteiger partial charge on any atom is 0.159 e. The quantitative estimate of drug-likeness (QED) is 0.410. The van der Waals surface area contributed by atoms with Crippen molar-refractivity contribution in [3.05, 3.63) is 72.8 Å². The van der Waals surface area contributed by atoms with E-state index in [1.807, 2.05) is 79.7 Å². The molecule has 0 saturated carbocycles. The monoisotopic (exact) mass is 341 g/mol. The van der Waals surface area contributed by atoms with E-state index in [-0.39, 0.29) is 0 Å². The lowest BCUT2D eigenvalue weighted by atomic mass is 10.2. The molecule has 0 atom stereocenters. The van der Waals surface area contributed by atoms with Crippen molar-refractivity contribution in [3.8, 4) is 17.1 Å². The van der Waals surface area contributed by atoms with Crippen molar-refractivity contribution in [2.24, 2.45) is 4.99 Å². The van der Waals surface area contributed by atoms with Gasteiger partial charge in [-0.3, -0.25) is 0 Å². The first kappa shape index (κ1) is 16.0. The minimum Gasteiger partial charge on any atom is -0.369 e. The molecule has 5 nitrogen and oxygen atoms in total. The summed E-state index contributed by atoms with van der Waals surface area (Å²) < 4.78 is 1.79. The predicted octanol–water partition coefficient (Wildman–Crippen LogP) is 4.31. The van der Waals surface area contributed by atoms with E-state index in [4.69, 9.17) is 10.1 Å². The van der Waals surface area contributed by atoms with Gasteiger partial charge in [0.25, 0.3) is 0 Å². The first-order chi connectivity index (χ1) is 12.7. The molecule has 0 N–H and O–H groups in total. The molecule has 128 valence electrons. The molecule has 2 aromatic carbocycles. The number of fused-ring (bicyclic) bond motifs is 1. The van der Waals surface area contributed by atoms with Crippen LogP contribution in [0.3, 0.4) is 0 Å². The number of pyridine rings is 1. The van der Waals surface area contributed by atoms with Crippen molar-refractivity contribution in [1.82, 2.24) is 19.7 Å². The van der Waals surface area contributed by atoms with E-state index in [1.54, 1.807) is 11.0 Å². The maximum atomic E-state index is 4.76. The molecule has 0 aliphatic carbocycles. The van der Waals surface area contributed by atoms with Crippen molar-refractivity contribution >= 4 is 23.1 Å². The summed E-state index contributed by atoms with van der Waals surface area (Å²) in [4.78, 5) is 11.2. The fraction of sp³-hybridized carbons (Fsp3) is 0.0952. The third-order valence-electron chi connectivity index (χ3n) is 3.98. The number of para-hydroxylation sites is 1. The number of aliphatic imine (C=N–C) groups is 1. The standard InChI is InChI=1S/C21H19N5/c1-25(2)15-22-21-14-19(16-8-4-3-5-9-16)24-26(21)20-13-12-17-10-6-7-11-18(17)23-20/h3-15H,1-2H3/b22-15+. The van der Waals surface area contributed by atoms with Crippen LogP contribution in [0.25, 0.3) is 28.0 Å². The van der Waals surface area contributed by atoms with Crippen LogP contribution in [-0.4, -0.2) is 40.1 Å². The van der Waals surface area contributed by atoms with Crippen LogP contribution in [0.4, 0.5) is 5.82 Å². The van der Waals surface area contributed by atoms with E-state index in [1.165, 1.54) is 0 Å². The van der Waals surface area contributed by atoms with Gasteiger partial charge in [-0.1, -0.05) is 48.5 Å². The van der Waals surface area contributed by atoms with Gasteiger partial charge < -0.3 is 4.90 Å². The number of rotatable bonds is 4. The lowest BCUT2D eigenvalue weighted by Gasteiger charge is -2.06. The number of benzene rings is 2. The molecule has 26 heavy (non-hydrogen) atoms. The molecule has 4 rings (SSSR count). The van der Waals surface area contributed by atoms with E-state index >= 15 is 0 Å². The average Bonchev–Trinajstić information content (AvgIpc) is 3.11. The van der Waals surface area contributed by atoms with Crippen LogP contribution in [0.15, 0.2) is 77.8 Å². The van der Waals surface area contributed by atoms with Crippen LogP contribution < -0.4 is 0 Å². The summed E-state index contributed by atoms with van der Waals surface area (Å²) in [6.45, 7) is 0. The van der Waals surface area contributed by atoms with Crippen LogP contribution in [0, 0.1) is 0 Å². The topological polar surface area (TPSA) is 46.3 Å². The van der Waals surface area contributed by atoms with Gasteiger partial charge in [0.2, 0.25) is 0 Å². The molecule has 0 aliphatic heterocycles. The smallest absolute Gasteiger partial charge is 0.159 e. The SMILES string of the molecule is CN(C)/C=N/c1cc(-c2ccccc2)nn1-c1ccc2ccccc2n1. The summed E-state index contributed by atoms with van der Waals surface area (Å²) in [5.74, 6) is 1.48. The highest BCUT2D eigenvalue weighted by molar-refractivity contribution is 5.79. The number of aromatic nitrogens is 3. The summed E-state index contributed by atoms with van der Waals surface area (Å²) in [5.41, 5.74) is 2.85. The lowest BCUT2D eigenvalue weighted by molar-refractivity contribution is 0.642. The Bertz CT molecular complexity index is 1060. The molecule has 0 radical (unpaired) electrons. The average molecular weight is 341 g/mol. The van der Waals surface area contributed by atoms with E-state index in [0.29, 0.717) is 0 Å². The molecule has 2 heterocycles. The van der Waals surface area contributed by atoms with Crippen molar-refractivity contribution in [3.63, 3.8) is 0 Å². The first-order valence-electron chi connectivity index (χ1n) is 8.43. The zero-order chi connectivity index (χ0) is 17.9. The van der Waals surface area contributed by atoms with Crippen molar-refractivity contribution in [2.75, 3.05) is 14.1 Å². The minimum atomic E-state index is 0.736. The van der Waals surface area contributed by atoms with Gasteiger partial charge in [-0.2, -0.15) is 9.78 Å². The van der Waals surface area contributed by atoms with Crippen LogP contribution in [0.2, 0.25) is 0 Å². The van der Waals surface area contributed by atoms with Gasteiger partial charge in [0.1, 0.15) is 0 Å². The molecule has 0 aliphatic rings. The van der Waals surface area contributed by atoms with Crippen molar-refractivity contribution in [1.29, 1.82) is 0 Å². The first-order valence-corrected chi connectivity index (χ1v) is 8.43. The Kier molecular flexibility index (Phi) is 4.19. The number of nitrogens with zero attached hydrogens (tertiary/aromatic N) is 5. The Morgan fingerprint density at radius 3 is 2.50 bits per heavy atom. The Hall–Kier alpha value is -3.47. The molecule has 0 amide bonds. The highest BCUT2D eigenvalue weighted by Crippen LogP contribution is 2.26. The van der Waals surface area contributed by atoms with Crippen LogP contribution >= 0.6 is 0 Å². The molecule has 5 heteroatoms. The fourth-order valence-corrected chi connectivity index (χ4v) is 2.73. The van der Waals surface area contributed by atoms with E-state index < -0.39 is 0 Å². The van der Waals surface area contributed by atoms with E-state index in [2.05, 4.69) is 17.1 Å². The predicted molar refractivity (Wildman–Crippen MR) is 106 cm³/mol. The summed E-state index contributed by atoms with van der Waals surface area (Å²) in [6, 6.07) is 24.2. The normalized spacial score (nSPS) is 11.3. The van der Waals surface area contributed by atoms with E-state index in [9.17, 15) is 0 Å². The number of hydrogen-bond donors (Lipinski definition) is 0. The van der Waals surface area contributed by atoms with Crippen molar-refractivity contribution < 1.29 is 0 Å². The van der Waals surface area contributed by atoms with Gasteiger partial charge in [0.05, 0.1) is 17.5 Å². The van der Waals surface area contributed by atoms with Crippen LogP contribution in [-0.2, 0) is 0 Å². The van der Waals surface area contributed by atoms with E-state index in [0.717, 1.165) is 33.8 Å². The third kappa shape index (κ3) is 3.19. The lowest BCUT2D eigenvalue weighted by Crippen LogP contribution is -2.07. The van der Waals surface area contributed by atoms with Gasteiger partial charge >= 0.3 is 0 Å². The fourth-order valence-electron chi connectivity index (χ4n) is 2.73. The summed E-state index contributed by atoms with van der Waals surface area (Å²) >= 11 is 0. The van der Waals surface area contributed by atoms with Gasteiger partial charge in [-0.15, -0.1) is 0 Å². The Morgan fingerprint density at radius 2 is 1.69 bits per heavy atom. The zero-order valence-corrected chi connectivity index (χ0v) is 14.7. The molecule has 4 aromatic rings. The molecular formula is C21H19N5. The van der Waals surface area contributed by atoms with Gasteiger partial charge in [0, 0.05) is 31.1 Å². The Balaban J connectivity index is 1.85. The zero-order valence-electron chi connectivity index (χ0n) is 14.7. The largest absolute Gasteiger partial charge is 0.369 e. The molecule has 0 unspecified atom stereocenters. The molecule has 2 aromatic heterocycles. The highest BCUT2D eigenvalue weighted by Gasteiger charge is 2.12. The summed E-state index contributed by atoms with van der Waals surface area (Å²) in [7, 11) is 3.88. The van der Waals surface area contributed by atoms with Crippen molar-refractivity contribution in [2.45, 2.75) is 0 Å². The molecule has 0 bridgehead atoms. The molecule has 0 fully saturated rings. The minimum absolute atomic E-state index is 0.736. The van der Waals surface area contributed by atoms with Gasteiger partial charge in [-0.05, 0) is 18.2 Å². The van der Waals surface area contributed by atoms with Gasteiger partial charge in [0.15, 0.2) is 11.6 Å². The Morgan fingerprint density at radius 1 is 0.923 bits per heavy atom. The molecule has 0 spiro atoms. The highest BCUT2D eigenvalue weighted by atomic mass is 15.4.